The number of carbonyl (C=O) groups excluding carboxylic acids is 1. The predicted octanol–water partition coefficient (Wildman–Crippen LogP) is 3.40. The Bertz CT molecular complexity index is 700. The summed E-state index contributed by atoms with van der Waals surface area (Å²) in [7, 11) is 0. The fourth-order valence-electron chi connectivity index (χ4n) is 2.01. The van der Waals surface area contributed by atoms with Crippen LogP contribution in [0.15, 0.2) is 48.5 Å². The number of carboxylic acids is 1. The van der Waals surface area contributed by atoms with E-state index in [0.29, 0.717) is 18.2 Å². The highest BCUT2D eigenvalue weighted by atomic mass is 35.5. The van der Waals surface area contributed by atoms with Crippen LogP contribution in [0.25, 0.3) is 0 Å². The molecule has 0 saturated heterocycles. The van der Waals surface area contributed by atoms with Crippen molar-refractivity contribution >= 4 is 23.5 Å². The predicted molar refractivity (Wildman–Crippen MR) is 90.9 cm³/mol. The molecule has 24 heavy (non-hydrogen) atoms. The number of benzene rings is 2. The van der Waals surface area contributed by atoms with Gasteiger partial charge in [0.15, 0.2) is 0 Å². The first-order chi connectivity index (χ1) is 11.5. The summed E-state index contributed by atoms with van der Waals surface area (Å²) < 4.78 is 5.68. The number of rotatable bonds is 8. The molecule has 0 aliphatic rings. The molecule has 0 fully saturated rings. The van der Waals surface area contributed by atoms with Crippen LogP contribution >= 0.6 is 11.6 Å². The molecular weight excluding hydrogens is 330 g/mol. The highest BCUT2D eigenvalue weighted by molar-refractivity contribution is 6.30. The first-order valence-electron chi connectivity index (χ1n) is 7.47. The average Bonchev–Trinajstić information content (AvgIpc) is 2.57. The lowest BCUT2D eigenvalue weighted by molar-refractivity contribution is -0.138. The number of amides is 1. The maximum absolute atomic E-state index is 11.5. The van der Waals surface area contributed by atoms with Crippen LogP contribution in [0.2, 0.25) is 5.02 Å². The smallest absolute Gasteiger partial charge is 0.303 e. The van der Waals surface area contributed by atoms with E-state index in [-0.39, 0.29) is 18.7 Å². The number of carbonyl (C=O) groups is 2. The van der Waals surface area contributed by atoms with Gasteiger partial charge in [-0.1, -0.05) is 35.9 Å². The molecule has 0 bridgehead atoms. The summed E-state index contributed by atoms with van der Waals surface area (Å²) in [5.74, 6) is -0.541. The molecule has 0 aromatic heterocycles. The Hall–Kier alpha value is -2.53. The Balaban J connectivity index is 1.78. The second-order valence-corrected chi connectivity index (χ2v) is 5.67. The van der Waals surface area contributed by atoms with Crippen molar-refractivity contribution in [1.29, 1.82) is 0 Å². The molecule has 2 rings (SSSR count). The summed E-state index contributed by atoms with van der Waals surface area (Å²) >= 11 is 5.92. The van der Waals surface area contributed by atoms with Gasteiger partial charge in [-0.3, -0.25) is 9.59 Å². The lowest BCUT2D eigenvalue weighted by atomic mass is 10.2. The molecule has 0 atom stereocenters. The number of hydrogen-bond acceptors (Lipinski definition) is 3. The van der Waals surface area contributed by atoms with Crippen molar-refractivity contribution in [3.63, 3.8) is 0 Å². The van der Waals surface area contributed by atoms with Crippen molar-refractivity contribution in [2.75, 3.05) is 0 Å². The minimum absolute atomic E-state index is 0.0177. The highest BCUT2D eigenvalue weighted by Gasteiger charge is 2.05. The summed E-state index contributed by atoms with van der Waals surface area (Å²) in [6.45, 7) is 0.777. The van der Waals surface area contributed by atoms with Crippen LogP contribution in [0, 0.1) is 0 Å². The summed E-state index contributed by atoms with van der Waals surface area (Å²) in [5.41, 5.74) is 1.89. The summed E-state index contributed by atoms with van der Waals surface area (Å²) in [5, 5.41) is 11.9. The summed E-state index contributed by atoms with van der Waals surface area (Å²) in [4.78, 5) is 21.9. The Morgan fingerprint density at radius 3 is 2.46 bits per heavy atom. The average molecular weight is 348 g/mol. The largest absolute Gasteiger partial charge is 0.489 e. The van der Waals surface area contributed by atoms with E-state index in [1.807, 2.05) is 48.5 Å². The molecule has 0 unspecified atom stereocenters. The van der Waals surface area contributed by atoms with E-state index >= 15 is 0 Å². The van der Waals surface area contributed by atoms with Crippen LogP contribution in [0.4, 0.5) is 0 Å². The number of aliphatic carboxylic acids is 1. The van der Waals surface area contributed by atoms with E-state index in [1.165, 1.54) is 0 Å². The van der Waals surface area contributed by atoms with Gasteiger partial charge in [0.2, 0.25) is 5.91 Å². The molecule has 0 heterocycles. The molecule has 2 N–H and O–H groups in total. The van der Waals surface area contributed by atoms with Gasteiger partial charge in [0.1, 0.15) is 12.4 Å². The fourth-order valence-corrected chi connectivity index (χ4v) is 2.22. The third-order valence-electron chi connectivity index (χ3n) is 3.27. The zero-order valence-corrected chi connectivity index (χ0v) is 13.8. The maximum Gasteiger partial charge on any atom is 0.303 e. The van der Waals surface area contributed by atoms with E-state index in [9.17, 15) is 9.59 Å². The van der Waals surface area contributed by atoms with Crippen LogP contribution < -0.4 is 10.1 Å². The lowest BCUT2D eigenvalue weighted by Gasteiger charge is -2.08. The van der Waals surface area contributed by atoms with E-state index in [4.69, 9.17) is 21.4 Å². The van der Waals surface area contributed by atoms with Gasteiger partial charge in [0.05, 0.1) is 6.42 Å². The third-order valence-corrected chi connectivity index (χ3v) is 3.51. The van der Waals surface area contributed by atoms with Gasteiger partial charge in [-0.05, 0) is 35.4 Å². The van der Waals surface area contributed by atoms with Crippen molar-refractivity contribution in [3.05, 3.63) is 64.7 Å². The van der Waals surface area contributed by atoms with Crippen LogP contribution in [0.5, 0.6) is 5.75 Å². The van der Waals surface area contributed by atoms with Crippen molar-refractivity contribution in [3.8, 4) is 5.75 Å². The van der Waals surface area contributed by atoms with Crippen molar-refractivity contribution in [1.82, 2.24) is 5.32 Å². The van der Waals surface area contributed by atoms with Crippen molar-refractivity contribution in [2.24, 2.45) is 0 Å². The van der Waals surface area contributed by atoms with Gasteiger partial charge < -0.3 is 15.2 Å². The Morgan fingerprint density at radius 2 is 1.79 bits per heavy atom. The Morgan fingerprint density at radius 1 is 1.04 bits per heavy atom. The second-order valence-electron chi connectivity index (χ2n) is 5.23. The molecule has 0 aliphatic heterocycles. The van der Waals surface area contributed by atoms with Gasteiger partial charge in [0.25, 0.3) is 0 Å². The van der Waals surface area contributed by atoms with Crippen molar-refractivity contribution in [2.45, 2.75) is 26.0 Å². The van der Waals surface area contributed by atoms with E-state index in [0.717, 1.165) is 16.9 Å². The maximum atomic E-state index is 11.5. The SMILES string of the molecule is O=C(O)CCC(=O)NCc1ccc(OCc2cccc(Cl)c2)cc1. The van der Waals surface area contributed by atoms with Crippen LogP contribution in [-0.4, -0.2) is 17.0 Å². The number of carboxylic acid groups (broad SMARTS) is 1. The first kappa shape index (κ1) is 17.8. The summed E-state index contributed by atoms with van der Waals surface area (Å²) in [6.07, 6.45) is -0.182. The van der Waals surface area contributed by atoms with Gasteiger partial charge >= 0.3 is 5.97 Å². The molecule has 0 radical (unpaired) electrons. The fraction of sp³-hybridized carbons (Fsp3) is 0.222. The number of halogens is 1. The molecule has 2 aromatic rings. The zero-order chi connectivity index (χ0) is 17.4. The normalized spacial score (nSPS) is 10.2. The number of ether oxygens (including phenoxy) is 1. The minimum atomic E-state index is -0.980. The van der Waals surface area contributed by atoms with E-state index < -0.39 is 5.97 Å². The zero-order valence-electron chi connectivity index (χ0n) is 13.0. The van der Waals surface area contributed by atoms with E-state index in [1.54, 1.807) is 0 Å². The van der Waals surface area contributed by atoms with Crippen LogP contribution in [0.1, 0.15) is 24.0 Å². The van der Waals surface area contributed by atoms with E-state index in [2.05, 4.69) is 5.32 Å². The standard InChI is InChI=1S/C18H18ClNO4/c19-15-3-1-2-14(10-15)12-24-16-6-4-13(5-7-16)11-20-17(21)8-9-18(22)23/h1-7,10H,8-9,11-12H2,(H,20,21)(H,22,23). The Labute approximate surface area is 145 Å². The van der Waals surface area contributed by atoms with Gasteiger partial charge in [-0.25, -0.2) is 0 Å². The number of hydrogen-bond donors (Lipinski definition) is 2. The van der Waals surface area contributed by atoms with Crippen molar-refractivity contribution < 1.29 is 19.4 Å². The molecule has 2 aromatic carbocycles. The quantitative estimate of drug-likeness (QED) is 0.767. The first-order valence-corrected chi connectivity index (χ1v) is 7.85. The molecule has 126 valence electrons. The van der Waals surface area contributed by atoms with Gasteiger partial charge in [0, 0.05) is 18.0 Å². The number of nitrogens with one attached hydrogen (secondary N) is 1. The molecule has 0 saturated carbocycles. The molecule has 0 aliphatic carbocycles. The molecule has 6 heteroatoms. The van der Waals surface area contributed by atoms with Crippen LogP contribution in [-0.2, 0) is 22.7 Å². The topological polar surface area (TPSA) is 75.6 Å². The second kappa shape index (κ2) is 8.93. The third kappa shape index (κ3) is 6.30. The monoisotopic (exact) mass is 347 g/mol. The minimum Gasteiger partial charge on any atom is -0.489 e. The van der Waals surface area contributed by atoms with Gasteiger partial charge in [-0.2, -0.15) is 0 Å². The highest BCUT2D eigenvalue weighted by Crippen LogP contribution is 2.16. The molecule has 0 spiro atoms. The molecular formula is C18H18ClNO4. The lowest BCUT2D eigenvalue weighted by Crippen LogP contribution is -2.23. The van der Waals surface area contributed by atoms with Crippen LogP contribution in [0.3, 0.4) is 0 Å². The molecule has 5 nitrogen and oxygen atoms in total. The van der Waals surface area contributed by atoms with Gasteiger partial charge in [-0.15, -0.1) is 0 Å². The molecule has 1 amide bonds. The summed E-state index contributed by atoms with van der Waals surface area (Å²) in [6, 6.07) is 14.8. The Kier molecular flexibility index (Phi) is 6.63.